The van der Waals surface area contributed by atoms with E-state index in [1.165, 1.54) is 70.3 Å². The molecule has 0 saturated heterocycles. The van der Waals surface area contributed by atoms with E-state index in [4.69, 9.17) is 0 Å². The van der Waals surface area contributed by atoms with E-state index in [0.29, 0.717) is 0 Å². The molecule has 0 bridgehead atoms. The molecule has 104 valence electrons. The van der Waals surface area contributed by atoms with Crippen LogP contribution in [0.1, 0.15) is 77.6 Å². The summed E-state index contributed by atoms with van der Waals surface area (Å²) in [5, 5.41) is 0. The fourth-order valence-corrected chi connectivity index (χ4v) is 2.03. The van der Waals surface area contributed by atoms with Crippen molar-refractivity contribution >= 4 is 6.29 Å². The first-order valence-electron chi connectivity index (χ1n) is 7.68. The minimum Gasteiger partial charge on any atom is -0.299 e. The molecule has 0 aliphatic heterocycles. The van der Waals surface area contributed by atoms with Gasteiger partial charge < -0.3 is 0 Å². The first-order chi connectivity index (χ1) is 8.91. The molecule has 0 aliphatic carbocycles. The largest absolute Gasteiger partial charge is 0.299 e. The van der Waals surface area contributed by atoms with Gasteiger partial charge in [0, 0.05) is 0 Å². The van der Waals surface area contributed by atoms with Gasteiger partial charge in [0.15, 0.2) is 0 Å². The van der Waals surface area contributed by atoms with Crippen molar-refractivity contribution in [2.75, 3.05) is 0 Å². The highest BCUT2D eigenvalue weighted by Crippen LogP contribution is 2.11. The quantitative estimate of drug-likeness (QED) is 0.180. The van der Waals surface area contributed by atoms with Crippen molar-refractivity contribution in [2.24, 2.45) is 0 Å². The lowest BCUT2D eigenvalue weighted by Crippen LogP contribution is -1.81. The smallest absolute Gasteiger partial charge is 0.142 e. The molecule has 0 atom stereocenters. The zero-order valence-corrected chi connectivity index (χ0v) is 12.1. The van der Waals surface area contributed by atoms with Crippen LogP contribution in [0.15, 0.2) is 24.3 Å². The summed E-state index contributed by atoms with van der Waals surface area (Å²) in [5.74, 6) is 0. The number of carbonyl (C=O) groups is 1. The van der Waals surface area contributed by atoms with Crippen LogP contribution in [0.2, 0.25) is 0 Å². The highest BCUT2D eigenvalue weighted by molar-refractivity contribution is 5.65. The van der Waals surface area contributed by atoms with Gasteiger partial charge in [0.05, 0.1) is 0 Å². The molecule has 0 fully saturated rings. The maximum Gasteiger partial charge on any atom is 0.142 e. The molecule has 0 rings (SSSR count). The molecule has 0 amide bonds. The predicted molar refractivity (Wildman–Crippen MR) is 80.8 cm³/mol. The highest BCUT2D eigenvalue weighted by Gasteiger charge is 1.91. The fraction of sp³-hybridized carbons (Fsp3) is 0.706. The van der Waals surface area contributed by atoms with Crippen molar-refractivity contribution in [2.45, 2.75) is 77.6 Å². The maximum absolute atomic E-state index is 10.0. The predicted octanol–water partition coefficient (Wildman–Crippen LogP) is 5.61. The normalized spacial score (nSPS) is 11.6. The molecule has 0 aromatic rings. The molecule has 0 aromatic heterocycles. The topological polar surface area (TPSA) is 17.1 Å². The lowest BCUT2D eigenvalue weighted by Gasteiger charge is -2.01. The Kier molecular flexibility index (Phi) is 15.4. The highest BCUT2D eigenvalue weighted by atomic mass is 16.1. The molecule has 1 nitrogen and oxygen atoms in total. The Morgan fingerprint density at radius 3 is 1.78 bits per heavy atom. The molecule has 0 radical (unpaired) electrons. The summed E-state index contributed by atoms with van der Waals surface area (Å²) in [7, 11) is 0. The number of rotatable bonds is 13. The van der Waals surface area contributed by atoms with Gasteiger partial charge in [0.2, 0.25) is 0 Å². The number of hydrogen-bond acceptors (Lipinski definition) is 1. The van der Waals surface area contributed by atoms with E-state index < -0.39 is 0 Å². The van der Waals surface area contributed by atoms with Gasteiger partial charge in [-0.3, -0.25) is 4.79 Å². The molecular formula is C17H30O. The third kappa shape index (κ3) is 15.1. The lowest BCUT2D eigenvalue weighted by molar-refractivity contribution is -0.104. The van der Waals surface area contributed by atoms with E-state index >= 15 is 0 Å². The van der Waals surface area contributed by atoms with Crippen LogP contribution in [0.3, 0.4) is 0 Å². The summed E-state index contributed by atoms with van der Waals surface area (Å²) >= 11 is 0. The molecular weight excluding hydrogens is 220 g/mol. The molecule has 0 unspecified atom stereocenters. The van der Waals surface area contributed by atoms with Crippen LogP contribution in [0.4, 0.5) is 0 Å². The summed E-state index contributed by atoms with van der Waals surface area (Å²) in [6.45, 7) is 2.27. The van der Waals surface area contributed by atoms with E-state index in [-0.39, 0.29) is 0 Å². The monoisotopic (exact) mass is 250 g/mol. The molecule has 0 aliphatic rings. The first kappa shape index (κ1) is 17.2. The summed E-state index contributed by atoms with van der Waals surface area (Å²) in [6, 6.07) is 0. The van der Waals surface area contributed by atoms with Gasteiger partial charge in [-0.05, 0) is 18.9 Å². The van der Waals surface area contributed by atoms with Crippen LogP contribution < -0.4 is 0 Å². The second-order valence-electron chi connectivity index (χ2n) is 4.92. The van der Waals surface area contributed by atoms with Gasteiger partial charge in [-0.25, -0.2) is 0 Å². The van der Waals surface area contributed by atoms with Gasteiger partial charge in [-0.2, -0.15) is 0 Å². The Morgan fingerprint density at radius 1 is 0.667 bits per heavy atom. The molecule has 0 heterocycles. The minimum absolute atomic E-state index is 0.810. The maximum atomic E-state index is 10.0. The average Bonchev–Trinajstić information content (AvgIpc) is 2.39. The van der Waals surface area contributed by atoms with Gasteiger partial charge in [0.1, 0.15) is 6.29 Å². The third-order valence-electron chi connectivity index (χ3n) is 3.16. The van der Waals surface area contributed by atoms with Crippen LogP contribution in [0, 0.1) is 0 Å². The Balaban J connectivity index is 3.05. The molecule has 1 heteroatoms. The lowest BCUT2D eigenvalue weighted by atomic mass is 10.1. The Bertz CT molecular complexity index is 216. The molecule has 18 heavy (non-hydrogen) atoms. The van der Waals surface area contributed by atoms with Gasteiger partial charge >= 0.3 is 0 Å². The summed E-state index contributed by atoms with van der Waals surface area (Å²) < 4.78 is 0. The fourth-order valence-electron chi connectivity index (χ4n) is 2.03. The first-order valence-corrected chi connectivity index (χ1v) is 7.68. The standard InChI is InChI=1S/C17H30O/c1-2-3-4-5-6-7-8-9-10-11-12-13-14-15-16-17-18/h13-17H,2-12H2,1H3/b14-13-,16-15?. The van der Waals surface area contributed by atoms with Crippen LogP contribution in [0.5, 0.6) is 0 Å². The van der Waals surface area contributed by atoms with Crippen molar-refractivity contribution in [1.82, 2.24) is 0 Å². The average molecular weight is 250 g/mol. The van der Waals surface area contributed by atoms with Gasteiger partial charge in [-0.1, -0.05) is 82.9 Å². The van der Waals surface area contributed by atoms with Crippen molar-refractivity contribution in [3.8, 4) is 0 Å². The van der Waals surface area contributed by atoms with E-state index in [9.17, 15) is 4.79 Å². The van der Waals surface area contributed by atoms with Crippen LogP contribution in [-0.2, 0) is 4.79 Å². The number of carbonyl (C=O) groups excluding carboxylic acids is 1. The Morgan fingerprint density at radius 2 is 1.22 bits per heavy atom. The van der Waals surface area contributed by atoms with E-state index in [1.54, 1.807) is 6.08 Å². The molecule has 0 aromatic carbocycles. The second kappa shape index (κ2) is 16.1. The summed E-state index contributed by atoms with van der Waals surface area (Å²) in [5.41, 5.74) is 0. The zero-order chi connectivity index (χ0) is 13.3. The Hall–Kier alpha value is -0.850. The SMILES string of the molecule is CCCCCCCCCCCC/C=C\C=CC=O. The Labute approximate surface area is 113 Å². The van der Waals surface area contributed by atoms with Gasteiger partial charge in [0.25, 0.3) is 0 Å². The van der Waals surface area contributed by atoms with Crippen LogP contribution in [-0.4, -0.2) is 6.29 Å². The molecule has 0 saturated carbocycles. The number of hydrogen-bond donors (Lipinski definition) is 0. The van der Waals surface area contributed by atoms with Crippen molar-refractivity contribution in [3.05, 3.63) is 24.3 Å². The zero-order valence-electron chi connectivity index (χ0n) is 12.1. The number of aldehydes is 1. The minimum atomic E-state index is 0.810. The molecule has 0 spiro atoms. The second-order valence-corrected chi connectivity index (χ2v) is 4.92. The molecule has 0 N–H and O–H groups in total. The summed E-state index contributed by atoms with van der Waals surface area (Å²) in [4.78, 5) is 10.0. The van der Waals surface area contributed by atoms with Crippen molar-refractivity contribution in [1.29, 1.82) is 0 Å². The van der Waals surface area contributed by atoms with Crippen molar-refractivity contribution < 1.29 is 4.79 Å². The third-order valence-corrected chi connectivity index (χ3v) is 3.16. The van der Waals surface area contributed by atoms with E-state index in [1.807, 2.05) is 6.08 Å². The van der Waals surface area contributed by atoms with Crippen LogP contribution >= 0.6 is 0 Å². The van der Waals surface area contributed by atoms with E-state index in [2.05, 4.69) is 13.0 Å². The van der Waals surface area contributed by atoms with E-state index in [0.717, 1.165) is 12.7 Å². The number of unbranched alkanes of at least 4 members (excludes halogenated alkanes) is 10. The van der Waals surface area contributed by atoms with Crippen molar-refractivity contribution in [3.63, 3.8) is 0 Å². The number of allylic oxidation sites excluding steroid dienone is 4. The van der Waals surface area contributed by atoms with Gasteiger partial charge in [-0.15, -0.1) is 0 Å². The van der Waals surface area contributed by atoms with Crippen LogP contribution in [0.25, 0.3) is 0 Å². The summed E-state index contributed by atoms with van der Waals surface area (Å²) in [6.07, 6.45) is 23.2.